The van der Waals surface area contributed by atoms with Crippen LogP contribution in [0.1, 0.15) is 37.7 Å². The van der Waals surface area contributed by atoms with Crippen molar-refractivity contribution in [1.82, 2.24) is 9.97 Å². The topological polar surface area (TPSA) is 113 Å². The van der Waals surface area contributed by atoms with Crippen LogP contribution in [0.4, 0.5) is 17.1 Å². The van der Waals surface area contributed by atoms with Crippen LogP contribution in [0.15, 0.2) is 154 Å². The second kappa shape index (κ2) is 16.1. The molecule has 0 saturated heterocycles. The zero-order chi connectivity index (χ0) is 32.3. The molecule has 0 atom stereocenters. The Kier molecular flexibility index (Phi) is 11.5. The molecule has 0 aliphatic heterocycles. The number of pyridine rings is 2. The molecule has 0 unspecified atom stereocenters. The van der Waals surface area contributed by atoms with Crippen molar-refractivity contribution in [2.24, 2.45) is 20.2 Å². The normalized spacial score (nSPS) is 13.7. The summed E-state index contributed by atoms with van der Waals surface area (Å²) in [6.07, 6.45) is 9.63. The number of allylic oxidation sites excluding steroid dienone is 4. The quantitative estimate of drug-likeness (QED) is 0.100. The molecule has 2 aliphatic rings. The van der Waals surface area contributed by atoms with E-state index < -0.39 is 0 Å². The van der Waals surface area contributed by atoms with Gasteiger partial charge in [-0.05, 0) is 105 Å². The van der Waals surface area contributed by atoms with Gasteiger partial charge in [0.25, 0.3) is 0 Å². The zero-order valence-electron chi connectivity index (χ0n) is 25.1. The Labute approximate surface area is 282 Å². The van der Waals surface area contributed by atoms with E-state index in [-0.39, 0.29) is 28.6 Å². The number of carbonyl (C=O) groups is 2. The molecule has 0 saturated carbocycles. The van der Waals surface area contributed by atoms with Crippen molar-refractivity contribution in [2.75, 3.05) is 5.12 Å². The predicted molar refractivity (Wildman–Crippen MR) is 181 cm³/mol. The Bertz CT molecular complexity index is 2090. The van der Waals surface area contributed by atoms with Crippen LogP contribution in [0.25, 0.3) is 0 Å². The third-order valence-electron chi connectivity index (χ3n) is 6.48. The third-order valence-corrected chi connectivity index (χ3v) is 6.48. The van der Waals surface area contributed by atoms with Gasteiger partial charge in [-0.3, -0.25) is 19.6 Å². The molecular formula is C37H25CuN7O2. The van der Waals surface area contributed by atoms with Crippen molar-refractivity contribution < 1.29 is 26.7 Å². The average Bonchev–Trinajstić information content (AvgIpc) is 3.09. The summed E-state index contributed by atoms with van der Waals surface area (Å²) in [5.74, 6) is 4.77. The summed E-state index contributed by atoms with van der Waals surface area (Å²) >= 11 is 0. The minimum Gasteiger partial charge on any atom is -0.288 e. The van der Waals surface area contributed by atoms with E-state index in [0.29, 0.717) is 34.0 Å². The Balaban J connectivity index is 0.000000220. The van der Waals surface area contributed by atoms with E-state index in [4.69, 9.17) is 0 Å². The van der Waals surface area contributed by atoms with Gasteiger partial charge in [0.15, 0.2) is 0 Å². The maximum Gasteiger partial charge on any atom is 0.204 e. The van der Waals surface area contributed by atoms with E-state index >= 15 is 0 Å². The molecule has 6 rings (SSSR count). The predicted octanol–water partition coefficient (Wildman–Crippen LogP) is 6.87. The fourth-order valence-electron chi connectivity index (χ4n) is 4.32. The molecule has 0 spiro atoms. The summed E-state index contributed by atoms with van der Waals surface area (Å²) in [6.45, 7) is 8.86. The maximum atomic E-state index is 11.9. The first-order valence-corrected chi connectivity index (χ1v) is 13.9. The maximum absolute atomic E-state index is 11.9. The average molecular weight is 663 g/mol. The summed E-state index contributed by atoms with van der Waals surface area (Å²) in [6, 6.07) is 22.4. The van der Waals surface area contributed by atoms with Crippen molar-refractivity contribution in [3.63, 3.8) is 0 Å². The van der Waals surface area contributed by atoms with Crippen molar-refractivity contribution in [1.29, 1.82) is 0 Å². The number of hydrogen-bond donors (Lipinski definition) is 0. The Morgan fingerprint density at radius 1 is 0.638 bits per heavy atom. The Morgan fingerprint density at radius 2 is 1.09 bits per heavy atom. The van der Waals surface area contributed by atoms with E-state index in [9.17, 15) is 9.59 Å². The van der Waals surface area contributed by atoms with E-state index in [1.165, 1.54) is 22.8 Å². The van der Waals surface area contributed by atoms with Crippen LogP contribution in [0.5, 0.6) is 0 Å². The molecule has 0 fully saturated rings. The number of aromatic nitrogens is 2. The van der Waals surface area contributed by atoms with Gasteiger partial charge in [-0.15, -0.1) is 5.12 Å². The molecule has 1 radical (unpaired) electrons. The summed E-state index contributed by atoms with van der Waals surface area (Å²) in [7, 11) is 0. The largest absolute Gasteiger partial charge is 0.288 e. The number of aryl methyl sites for hydroxylation is 1. The van der Waals surface area contributed by atoms with Crippen molar-refractivity contribution in [3.8, 4) is 0 Å². The summed E-state index contributed by atoms with van der Waals surface area (Å²) < 4.78 is 0. The first kappa shape index (κ1) is 33.6. The minimum absolute atomic E-state index is 0. The number of carbonyl (C=O) groups excluding carboxylic acids is 2. The number of benzene rings is 2. The van der Waals surface area contributed by atoms with Gasteiger partial charge in [-0.25, -0.2) is 9.98 Å². The number of anilines is 1. The number of hydrogen-bond acceptors (Lipinski definition) is 9. The smallest absolute Gasteiger partial charge is 0.204 e. The number of nitrogens with zero attached hydrogens (tertiary/aromatic N) is 7. The molecule has 0 N–H and O–H groups in total. The number of hydrazone groups is 2. The van der Waals surface area contributed by atoms with Crippen LogP contribution in [-0.4, -0.2) is 44.7 Å². The number of fused-ring (bicyclic) bond motifs is 2. The van der Waals surface area contributed by atoms with Gasteiger partial charge in [0.2, 0.25) is 11.6 Å². The van der Waals surface area contributed by atoms with Crippen LogP contribution in [0.2, 0.25) is 0 Å². The molecule has 231 valence electrons. The molecule has 2 aromatic carbocycles. The molecule has 9 nitrogen and oxygen atoms in total. The summed E-state index contributed by atoms with van der Waals surface area (Å²) in [5.41, 5.74) is 12.1. The zero-order valence-corrected chi connectivity index (χ0v) is 26.0. The van der Waals surface area contributed by atoms with Crippen LogP contribution < -0.4 is 5.12 Å². The molecular weight excluding hydrogens is 638 g/mol. The molecule has 2 aromatic heterocycles. The second-order valence-corrected chi connectivity index (χ2v) is 9.61. The van der Waals surface area contributed by atoms with Gasteiger partial charge in [-0.2, -0.15) is 0 Å². The monoisotopic (exact) mass is 662 g/mol. The molecule has 0 amide bonds. The Hall–Kier alpha value is -6.32. The van der Waals surface area contributed by atoms with E-state index in [1.807, 2.05) is 49.4 Å². The summed E-state index contributed by atoms with van der Waals surface area (Å²) in [5, 5.41) is 9.19. The molecule has 4 aromatic rings. The van der Waals surface area contributed by atoms with Crippen LogP contribution >= 0.6 is 0 Å². The van der Waals surface area contributed by atoms with Gasteiger partial charge in [0, 0.05) is 40.6 Å². The van der Waals surface area contributed by atoms with Crippen LogP contribution in [0.3, 0.4) is 0 Å². The van der Waals surface area contributed by atoms with Crippen molar-refractivity contribution >= 4 is 51.8 Å². The van der Waals surface area contributed by atoms with Gasteiger partial charge in [0.1, 0.15) is 11.4 Å². The SMILES string of the molecule is C=C=C=NN(N=C=C=C)c1ccc(N=C2C=CC(=O)c3ncccc32)cc1.Cc1ccc(N=C2C=CC(=O)c3ncccc32)cc1.[Cu]. The molecule has 47 heavy (non-hydrogen) atoms. The van der Waals surface area contributed by atoms with Crippen LogP contribution in [0, 0.1) is 6.92 Å². The van der Waals surface area contributed by atoms with Crippen molar-refractivity contribution in [3.05, 3.63) is 162 Å². The fraction of sp³-hybridized carbons (Fsp3) is 0.0270. The standard InChI is InChI=1S/C21H13N5O.C16H12N2O.Cu/c1-3-13-23-26(24-14-4-2)17-9-7-16(8-10-17)25-19-11-12-20(27)21-18(19)6-5-15-22-21;1-11-4-6-12(7-5-11)18-14-8-9-15(19)16-13(14)3-2-10-17-16;/h5-12,15H,1-2H2;2-10H,1H3;. The van der Waals surface area contributed by atoms with Crippen molar-refractivity contribution in [2.45, 2.75) is 6.92 Å². The number of rotatable bonds is 5. The second-order valence-electron chi connectivity index (χ2n) is 9.61. The molecule has 10 heteroatoms. The van der Waals surface area contributed by atoms with Gasteiger partial charge in [-0.1, -0.05) is 39.4 Å². The van der Waals surface area contributed by atoms with Gasteiger partial charge in [0.05, 0.1) is 40.2 Å². The first-order chi connectivity index (χ1) is 22.5. The molecule has 2 heterocycles. The van der Waals surface area contributed by atoms with Gasteiger partial charge >= 0.3 is 0 Å². The van der Waals surface area contributed by atoms with E-state index in [0.717, 1.165) is 17.0 Å². The molecule has 2 aliphatic carbocycles. The fourth-order valence-corrected chi connectivity index (χ4v) is 4.32. The number of ketones is 2. The Morgan fingerprint density at radius 3 is 1.53 bits per heavy atom. The minimum atomic E-state index is -0.128. The van der Waals surface area contributed by atoms with E-state index in [2.05, 4.69) is 66.5 Å². The van der Waals surface area contributed by atoms with Crippen LogP contribution in [-0.2, 0) is 17.1 Å². The third kappa shape index (κ3) is 8.44. The summed E-state index contributed by atoms with van der Waals surface area (Å²) in [4.78, 5) is 41.1. The van der Waals surface area contributed by atoms with E-state index in [1.54, 1.807) is 54.9 Å². The first-order valence-electron chi connectivity index (χ1n) is 13.9. The molecule has 0 bridgehead atoms. The number of aliphatic imine (C=N–C) groups is 2. The van der Waals surface area contributed by atoms with Gasteiger partial charge < -0.3 is 0 Å².